The van der Waals surface area contributed by atoms with Crippen LogP contribution >= 0.6 is 0 Å². The Kier molecular flexibility index (Phi) is 7.84. The lowest BCUT2D eigenvalue weighted by molar-refractivity contribution is -0.116. The Bertz CT molecular complexity index is 761. The van der Waals surface area contributed by atoms with Crippen molar-refractivity contribution in [2.45, 2.75) is 19.8 Å². The van der Waals surface area contributed by atoms with Crippen LogP contribution in [0.15, 0.2) is 54.6 Å². The normalized spacial score (nSPS) is 9.96. The van der Waals surface area contributed by atoms with Crippen LogP contribution in [0.1, 0.15) is 30.1 Å². The third kappa shape index (κ3) is 7.19. The molecule has 27 heavy (non-hydrogen) atoms. The van der Waals surface area contributed by atoms with E-state index < -0.39 is 0 Å². The highest BCUT2D eigenvalue weighted by Gasteiger charge is 2.08. The number of amides is 3. The van der Waals surface area contributed by atoms with Crippen molar-refractivity contribution < 1.29 is 19.1 Å². The van der Waals surface area contributed by atoms with E-state index in [9.17, 15) is 14.4 Å². The Labute approximate surface area is 158 Å². The number of para-hydroxylation sites is 1. The van der Waals surface area contributed by atoms with Gasteiger partial charge in [-0.3, -0.25) is 4.79 Å². The second-order valence-electron chi connectivity index (χ2n) is 5.76. The van der Waals surface area contributed by atoms with E-state index in [0.29, 0.717) is 23.5 Å². The molecular formula is C20H23N3O4. The minimum Gasteiger partial charge on any atom is -0.462 e. The summed E-state index contributed by atoms with van der Waals surface area (Å²) in [4.78, 5) is 35.4. The first kappa shape index (κ1) is 20.0. The first-order valence-electron chi connectivity index (χ1n) is 8.75. The van der Waals surface area contributed by atoms with E-state index in [1.165, 1.54) is 0 Å². The van der Waals surface area contributed by atoms with Crippen LogP contribution in [0.25, 0.3) is 0 Å². The van der Waals surface area contributed by atoms with Gasteiger partial charge in [0.15, 0.2) is 0 Å². The molecule has 0 radical (unpaired) electrons. The monoisotopic (exact) mass is 369 g/mol. The molecule has 2 aromatic carbocycles. The average Bonchev–Trinajstić information content (AvgIpc) is 2.67. The topological polar surface area (TPSA) is 96.5 Å². The third-order valence-corrected chi connectivity index (χ3v) is 3.51. The van der Waals surface area contributed by atoms with Crippen LogP contribution in [0.4, 0.5) is 16.2 Å². The number of carbonyl (C=O) groups is 3. The molecule has 7 nitrogen and oxygen atoms in total. The summed E-state index contributed by atoms with van der Waals surface area (Å²) in [6.45, 7) is 2.50. The van der Waals surface area contributed by atoms with Gasteiger partial charge in [-0.05, 0) is 42.8 Å². The number of anilines is 2. The number of hydrogen-bond donors (Lipinski definition) is 3. The number of urea groups is 1. The van der Waals surface area contributed by atoms with E-state index >= 15 is 0 Å². The summed E-state index contributed by atoms with van der Waals surface area (Å²) in [7, 11) is 0. The van der Waals surface area contributed by atoms with E-state index in [1.54, 1.807) is 36.4 Å². The lowest BCUT2D eigenvalue weighted by Crippen LogP contribution is -2.31. The van der Waals surface area contributed by atoms with Gasteiger partial charge < -0.3 is 20.7 Å². The van der Waals surface area contributed by atoms with Gasteiger partial charge in [0.05, 0.1) is 12.2 Å². The summed E-state index contributed by atoms with van der Waals surface area (Å²) < 4.78 is 5.04. The summed E-state index contributed by atoms with van der Waals surface area (Å²) >= 11 is 0. The van der Waals surface area contributed by atoms with Crippen molar-refractivity contribution >= 4 is 29.3 Å². The van der Waals surface area contributed by atoms with Gasteiger partial charge in [0.2, 0.25) is 5.91 Å². The largest absolute Gasteiger partial charge is 0.462 e. The van der Waals surface area contributed by atoms with E-state index in [2.05, 4.69) is 16.0 Å². The highest BCUT2D eigenvalue weighted by Crippen LogP contribution is 2.11. The zero-order valence-electron chi connectivity index (χ0n) is 15.2. The Morgan fingerprint density at radius 2 is 1.56 bits per heavy atom. The van der Waals surface area contributed by atoms with Gasteiger partial charge >= 0.3 is 12.0 Å². The minimum atomic E-state index is -0.386. The van der Waals surface area contributed by atoms with Gasteiger partial charge in [0.25, 0.3) is 0 Å². The zero-order chi connectivity index (χ0) is 19.5. The highest BCUT2D eigenvalue weighted by atomic mass is 16.5. The van der Waals surface area contributed by atoms with Gasteiger partial charge in [-0.15, -0.1) is 0 Å². The van der Waals surface area contributed by atoms with Crippen LogP contribution in [0.3, 0.4) is 0 Å². The lowest BCUT2D eigenvalue weighted by Gasteiger charge is -2.09. The van der Waals surface area contributed by atoms with E-state index in [0.717, 1.165) is 6.42 Å². The second-order valence-corrected chi connectivity index (χ2v) is 5.76. The van der Waals surface area contributed by atoms with Gasteiger partial charge in [0.1, 0.15) is 0 Å². The number of nitrogens with one attached hydrogen (secondary N) is 3. The standard InChI is InChI=1S/C20H23N3O4/c1-2-14-27-19(25)15-8-10-17(11-9-15)22-18(24)12-13-21-20(26)23-16-6-4-3-5-7-16/h3-11H,2,12-14H2,1H3,(H,22,24)(H2,21,23,26). The molecule has 0 aliphatic heterocycles. The molecule has 2 rings (SSSR count). The molecule has 0 atom stereocenters. The molecule has 0 aliphatic rings. The van der Waals surface area contributed by atoms with Crippen molar-refractivity contribution in [3.05, 3.63) is 60.2 Å². The molecule has 3 amide bonds. The first-order chi connectivity index (χ1) is 13.1. The smallest absolute Gasteiger partial charge is 0.338 e. The van der Waals surface area contributed by atoms with Crippen LogP contribution in [0.2, 0.25) is 0 Å². The fraction of sp³-hybridized carbons (Fsp3) is 0.250. The van der Waals surface area contributed by atoms with Gasteiger partial charge in [-0.2, -0.15) is 0 Å². The molecule has 0 saturated heterocycles. The van der Waals surface area contributed by atoms with Crippen molar-refractivity contribution in [3.8, 4) is 0 Å². The Balaban J connectivity index is 1.70. The summed E-state index contributed by atoms with van der Waals surface area (Å²) in [6.07, 6.45) is 0.889. The molecule has 0 spiro atoms. The lowest BCUT2D eigenvalue weighted by atomic mass is 10.2. The predicted octanol–water partition coefficient (Wildman–Crippen LogP) is 3.40. The molecule has 142 valence electrons. The van der Waals surface area contributed by atoms with Crippen LogP contribution < -0.4 is 16.0 Å². The van der Waals surface area contributed by atoms with E-state index in [-0.39, 0.29) is 30.9 Å². The minimum absolute atomic E-state index is 0.127. The first-order valence-corrected chi connectivity index (χ1v) is 8.75. The number of carbonyl (C=O) groups excluding carboxylic acids is 3. The molecule has 0 unspecified atom stereocenters. The van der Waals surface area contributed by atoms with E-state index in [1.807, 2.05) is 25.1 Å². The number of rotatable bonds is 8. The molecule has 0 aliphatic carbocycles. The van der Waals surface area contributed by atoms with Crippen molar-refractivity contribution in [3.63, 3.8) is 0 Å². The van der Waals surface area contributed by atoms with Crippen molar-refractivity contribution in [2.75, 3.05) is 23.8 Å². The number of benzene rings is 2. The Hall–Kier alpha value is -3.35. The van der Waals surface area contributed by atoms with Crippen LogP contribution in [0.5, 0.6) is 0 Å². The maximum Gasteiger partial charge on any atom is 0.338 e. The van der Waals surface area contributed by atoms with E-state index in [4.69, 9.17) is 4.74 Å². The number of hydrogen-bond acceptors (Lipinski definition) is 4. The van der Waals surface area contributed by atoms with Crippen LogP contribution in [-0.2, 0) is 9.53 Å². The maximum absolute atomic E-state index is 11.9. The zero-order valence-corrected chi connectivity index (χ0v) is 15.2. The molecular weight excluding hydrogens is 346 g/mol. The van der Waals surface area contributed by atoms with Crippen molar-refractivity contribution in [2.24, 2.45) is 0 Å². The van der Waals surface area contributed by atoms with Gasteiger partial charge in [-0.1, -0.05) is 25.1 Å². The predicted molar refractivity (Wildman–Crippen MR) is 104 cm³/mol. The fourth-order valence-electron chi connectivity index (χ4n) is 2.18. The SMILES string of the molecule is CCCOC(=O)c1ccc(NC(=O)CCNC(=O)Nc2ccccc2)cc1. The van der Waals surface area contributed by atoms with Crippen molar-refractivity contribution in [1.29, 1.82) is 0 Å². The quantitative estimate of drug-likeness (QED) is 0.621. The molecule has 0 fully saturated rings. The maximum atomic E-state index is 11.9. The molecule has 3 N–H and O–H groups in total. The van der Waals surface area contributed by atoms with Gasteiger partial charge in [0, 0.05) is 24.3 Å². The summed E-state index contributed by atoms with van der Waals surface area (Å²) in [5.41, 5.74) is 1.68. The molecule has 0 aromatic heterocycles. The van der Waals surface area contributed by atoms with Gasteiger partial charge in [-0.25, -0.2) is 9.59 Å². The van der Waals surface area contributed by atoms with Crippen LogP contribution in [-0.4, -0.2) is 31.1 Å². The summed E-state index contributed by atoms with van der Waals surface area (Å²) in [6, 6.07) is 15.1. The Morgan fingerprint density at radius 3 is 2.22 bits per heavy atom. The number of esters is 1. The third-order valence-electron chi connectivity index (χ3n) is 3.51. The molecule has 0 saturated carbocycles. The molecule has 2 aromatic rings. The highest BCUT2D eigenvalue weighted by molar-refractivity contribution is 5.94. The summed E-state index contributed by atoms with van der Waals surface area (Å²) in [5.74, 6) is -0.625. The second kappa shape index (κ2) is 10.6. The molecule has 7 heteroatoms. The average molecular weight is 369 g/mol. The fourth-order valence-corrected chi connectivity index (χ4v) is 2.18. The molecule has 0 heterocycles. The van der Waals surface area contributed by atoms with Crippen LogP contribution in [0, 0.1) is 0 Å². The summed E-state index contributed by atoms with van der Waals surface area (Å²) in [5, 5.41) is 8.00. The molecule has 0 bridgehead atoms. The Morgan fingerprint density at radius 1 is 0.889 bits per heavy atom. The van der Waals surface area contributed by atoms with Crippen molar-refractivity contribution in [1.82, 2.24) is 5.32 Å². The number of ether oxygens (including phenoxy) is 1.